The van der Waals surface area contributed by atoms with Crippen LogP contribution in [-0.4, -0.2) is 6.54 Å². The Morgan fingerprint density at radius 2 is 1.85 bits per heavy atom. The van der Waals surface area contributed by atoms with Crippen LogP contribution in [-0.2, 0) is 6.54 Å². The van der Waals surface area contributed by atoms with E-state index in [1.807, 2.05) is 24.3 Å². The second-order valence-corrected chi connectivity index (χ2v) is 5.55. The Kier molecular flexibility index (Phi) is 5.56. The van der Waals surface area contributed by atoms with Crippen LogP contribution < -0.4 is 5.32 Å². The van der Waals surface area contributed by atoms with Gasteiger partial charge in [0.15, 0.2) is 0 Å². The minimum atomic E-state index is -0.421. The van der Waals surface area contributed by atoms with E-state index in [9.17, 15) is 8.78 Å². The van der Waals surface area contributed by atoms with Gasteiger partial charge in [0.25, 0.3) is 0 Å². The van der Waals surface area contributed by atoms with E-state index in [-0.39, 0.29) is 0 Å². The van der Waals surface area contributed by atoms with Gasteiger partial charge in [-0.25, -0.2) is 8.78 Å². The summed E-state index contributed by atoms with van der Waals surface area (Å²) in [7, 11) is 0. The van der Waals surface area contributed by atoms with E-state index in [2.05, 4.69) is 12.2 Å². The summed E-state index contributed by atoms with van der Waals surface area (Å²) in [6, 6.07) is 11.3. The molecule has 0 aliphatic rings. The highest BCUT2D eigenvalue weighted by atomic mass is 32.2. The van der Waals surface area contributed by atoms with Crippen molar-refractivity contribution < 1.29 is 8.78 Å². The predicted molar refractivity (Wildman–Crippen MR) is 78.9 cm³/mol. The number of halogens is 2. The molecule has 2 aromatic carbocycles. The van der Waals surface area contributed by atoms with Crippen molar-refractivity contribution in [2.24, 2.45) is 0 Å². The molecule has 4 heteroatoms. The molecule has 0 aliphatic heterocycles. The van der Waals surface area contributed by atoms with Crippen LogP contribution in [0.3, 0.4) is 0 Å². The first kappa shape index (κ1) is 15.0. The number of nitrogens with one attached hydrogen (secondary N) is 1. The average molecular weight is 293 g/mol. The molecule has 0 saturated heterocycles. The summed E-state index contributed by atoms with van der Waals surface area (Å²) in [5.41, 5.74) is 1.09. The van der Waals surface area contributed by atoms with Gasteiger partial charge in [0, 0.05) is 11.4 Å². The van der Waals surface area contributed by atoms with E-state index < -0.39 is 11.6 Å². The summed E-state index contributed by atoms with van der Waals surface area (Å²) in [5.74, 6) is -0.816. The van der Waals surface area contributed by atoms with Crippen LogP contribution >= 0.6 is 11.8 Å². The van der Waals surface area contributed by atoms with E-state index >= 15 is 0 Å². The van der Waals surface area contributed by atoms with Crippen molar-refractivity contribution in [2.45, 2.75) is 29.7 Å². The van der Waals surface area contributed by atoms with E-state index in [0.29, 0.717) is 4.90 Å². The van der Waals surface area contributed by atoms with Crippen molar-refractivity contribution in [2.75, 3.05) is 6.54 Å². The van der Waals surface area contributed by atoms with Gasteiger partial charge in [-0.2, -0.15) is 0 Å². The van der Waals surface area contributed by atoms with Crippen LogP contribution in [0.4, 0.5) is 8.78 Å². The Balaban J connectivity index is 2.18. The van der Waals surface area contributed by atoms with Gasteiger partial charge < -0.3 is 5.32 Å². The zero-order valence-electron chi connectivity index (χ0n) is 11.3. The highest BCUT2D eigenvalue weighted by Gasteiger charge is 2.08. The standard InChI is InChI=1S/C16H17F2NS/c1-2-9-19-11-12-5-3-4-6-15(12)20-16-10-13(17)7-8-14(16)18/h3-8,10,19H,2,9,11H2,1H3. The number of hydrogen-bond donors (Lipinski definition) is 1. The fourth-order valence-corrected chi connectivity index (χ4v) is 2.82. The smallest absolute Gasteiger partial charge is 0.137 e. The quantitative estimate of drug-likeness (QED) is 0.780. The lowest BCUT2D eigenvalue weighted by molar-refractivity contribution is 0.577. The summed E-state index contributed by atoms with van der Waals surface area (Å²) in [5, 5.41) is 3.32. The van der Waals surface area contributed by atoms with Crippen LogP contribution in [0.25, 0.3) is 0 Å². The Morgan fingerprint density at radius 1 is 1.05 bits per heavy atom. The SMILES string of the molecule is CCCNCc1ccccc1Sc1cc(F)ccc1F. The van der Waals surface area contributed by atoms with Crippen molar-refractivity contribution in [3.8, 4) is 0 Å². The molecule has 2 aromatic rings. The first-order chi connectivity index (χ1) is 9.70. The van der Waals surface area contributed by atoms with E-state index in [4.69, 9.17) is 0 Å². The Morgan fingerprint density at radius 3 is 2.65 bits per heavy atom. The molecule has 0 heterocycles. The van der Waals surface area contributed by atoms with Gasteiger partial charge in [-0.3, -0.25) is 0 Å². The highest BCUT2D eigenvalue weighted by molar-refractivity contribution is 7.99. The molecule has 0 atom stereocenters. The van der Waals surface area contributed by atoms with Crippen LogP contribution in [0.15, 0.2) is 52.3 Å². The Bertz CT molecular complexity index is 572. The van der Waals surface area contributed by atoms with E-state index in [1.54, 1.807) is 0 Å². The monoisotopic (exact) mass is 293 g/mol. The lowest BCUT2D eigenvalue weighted by Crippen LogP contribution is -2.14. The van der Waals surface area contributed by atoms with E-state index in [0.717, 1.165) is 42.1 Å². The molecule has 1 N–H and O–H groups in total. The molecule has 2 rings (SSSR count). The molecule has 0 aliphatic carbocycles. The molecule has 0 bridgehead atoms. The van der Waals surface area contributed by atoms with Crippen molar-refractivity contribution in [3.63, 3.8) is 0 Å². The largest absolute Gasteiger partial charge is 0.313 e. The molecule has 0 amide bonds. The Labute approximate surface area is 122 Å². The van der Waals surface area contributed by atoms with Gasteiger partial charge in [0.05, 0.1) is 4.90 Å². The third-order valence-electron chi connectivity index (χ3n) is 2.83. The lowest BCUT2D eigenvalue weighted by Gasteiger charge is -2.10. The maximum absolute atomic E-state index is 13.7. The fraction of sp³-hybridized carbons (Fsp3) is 0.250. The molecule has 0 saturated carbocycles. The van der Waals surface area contributed by atoms with Gasteiger partial charge in [-0.05, 0) is 42.8 Å². The molecule has 0 spiro atoms. The summed E-state index contributed by atoms with van der Waals surface area (Å²) in [6.07, 6.45) is 1.06. The molecule has 106 valence electrons. The molecule has 0 aromatic heterocycles. The summed E-state index contributed by atoms with van der Waals surface area (Å²) >= 11 is 1.26. The minimum absolute atomic E-state index is 0.313. The zero-order chi connectivity index (χ0) is 14.4. The second kappa shape index (κ2) is 7.41. The number of hydrogen-bond acceptors (Lipinski definition) is 2. The van der Waals surface area contributed by atoms with Gasteiger partial charge in [0.2, 0.25) is 0 Å². The molecule has 1 nitrogen and oxygen atoms in total. The number of rotatable bonds is 6. The summed E-state index contributed by atoms with van der Waals surface area (Å²) in [6.45, 7) is 3.77. The second-order valence-electron chi connectivity index (χ2n) is 4.46. The number of benzene rings is 2. The first-order valence-electron chi connectivity index (χ1n) is 6.62. The predicted octanol–water partition coefficient (Wildman–Crippen LogP) is 4.62. The maximum Gasteiger partial charge on any atom is 0.137 e. The van der Waals surface area contributed by atoms with Gasteiger partial charge in [-0.15, -0.1) is 0 Å². The van der Waals surface area contributed by atoms with Crippen LogP contribution in [0, 0.1) is 11.6 Å². The topological polar surface area (TPSA) is 12.0 Å². The Hall–Kier alpha value is -1.39. The van der Waals surface area contributed by atoms with Crippen LogP contribution in [0.2, 0.25) is 0 Å². The maximum atomic E-state index is 13.7. The highest BCUT2D eigenvalue weighted by Crippen LogP contribution is 2.32. The third kappa shape index (κ3) is 4.05. The van der Waals surface area contributed by atoms with Gasteiger partial charge in [-0.1, -0.05) is 36.9 Å². The minimum Gasteiger partial charge on any atom is -0.313 e. The normalized spacial score (nSPS) is 10.8. The van der Waals surface area contributed by atoms with E-state index in [1.165, 1.54) is 17.8 Å². The molecule has 0 unspecified atom stereocenters. The van der Waals surface area contributed by atoms with Crippen LogP contribution in [0.1, 0.15) is 18.9 Å². The van der Waals surface area contributed by atoms with Crippen molar-refractivity contribution >= 4 is 11.8 Å². The van der Waals surface area contributed by atoms with Crippen molar-refractivity contribution in [1.82, 2.24) is 5.32 Å². The summed E-state index contributed by atoms with van der Waals surface area (Å²) < 4.78 is 26.9. The lowest BCUT2D eigenvalue weighted by atomic mass is 10.2. The van der Waals surface area contributed by atoms with Gasteiger partial charge >= 0.3 is 0 Å². The first-order valence-corrected chi connectivity index (χ1v) is 7.44. The molecule has 20 heavy (non-hydrogen) atoms. The van der Waals surface area contributed by atoms with Crippen LogP contribution in [0.5, 0.6) is 0 Å². The fourth-order valence-electron chi connectivity index (χ4n) is 1.82. The molecule has 0 radical (unpaired) electrons. The molecule has 0 fully saturated rings. The van der Waals surface area contributed by atoms with Gasteiger partial charge in [0.1, 0.15) is 11.6 Å². The zero-order valence-corrected chi connectivity index (χ0v) is 12.1. The molecular weight excluding hydrogens is 276 g/mol. The third-order valence-corrected chi connectivity index (χ3v) is 3.98. The average Bonchev–Trinajstić information content (AvgIpc) is 2.45. The molecular formula is C16H17F2NS. The van der Waals surface area contributed by atoms with Crippen molar-refractivity contribution in [3.05, 3.63) is 59.7 Å². The van der Waals surface area contributed by atoms with Crippen molar-refractivity contribution in [1.29, 1.82) is 0 Å². The summed E-state index contributed by atoms with van der Waals surface area (Å²) in [4.78, 5) is 1.26.